The summed E-state index contributed by atoms with van der Waals surface area (Å²) in [7, 11) is 0. The van der Waals surface area contributed by atoms with Gasteiger partial charge in [-0.1, -0.05) is 54.1 Å². The highest BCUT2D eigenvalue weighted by atomic mass is 19.4. The third kappa shape index (κ3) is 5.16. The molecule has 3 aromatic carbocycles. The van der Waals surface area contributed by atoms with Crippen molar-refractivity contribution in [1.29, 1.82) is 0 Å². The van der Waals surface area contributed by atoms with Crippen LogP contribution in [0, 0.1) is 6.92 Å². The van der Waals surface area contributed by atoms with Crippen LogP contribution in [0.4, 0.5) is 13.2 Å². The lowest BCUT2D eigenvalue weighted by atomic mass is 9.98. The lowest BCUT2D eigenvalue weighted by Gasteiger charge is -2.35. The Morgan fingerprint density at radius 3 is 2.33 bits per heavy atom. The summed E-state index contributed by atoms with van der Waals surface area (Å²) >= 11 is 0. The van der Waals surface area contributed by atoms with E-state index in [0.29, 0.717) is 11.1 Å². The van der Waals surface area contributed by atoms with Crippen molar-refractivity contribution < 1.29 is 27.5 Å². The fourth-order valence-electron chi connectivity index (χ4n) is 3.89. The first-order valence-electron chi connectivity index (χ1n) is 10.3. The molecule has 1 aliphatic heterocycles. The number of carbonyl (C=O) groups excluding carboxylic acids is 2. The number of benzene rings is 3. The Labute approximate surface area is 188 Å². The van der Waals surface area contributed by atoms with Crippen molar-refractivity contribution in [2.45, 2.75) is 19.3 Å². The van der Waals surface area contributed by atoms with Gasteiger partial charge in [0.05, 0.1) is 0 Å². The van der Waals surface area contributed by atoms with Gasteiger partial charge in [-0.15, -0.1) is 13.2 Å². The molecule has 5 nitrogen and oxygen atoms in total. The SMILES string of the molecule is Cc1cccc(-c2cccc(C(=O)N3CCNC(=O)C3c3ccc(OC(F)(F)F)cc3)c2)c1. The molecule has 33 heavy (non-hydrogen) atoms. The van der Waals surface area contributed by atoms with Crippen LogP contribution in [0.5, 0.6) is 5.75 Å². The molecular formula is C25H21F3N2O3. The van der Waals surface area contributed by atoms with Crippen LogP contribution < -0.4 is 10.1 Å². The van der Waals surface area contributed by atoms with Crippen LogP contribution in [0.15, 0.2) is 72.8 Å². The number of piperazine rings is 1. The summed E-state index contributed by atoms with van der Waals surface area (Å²) in [6, 6.07) is 19.1. The van der Waals surface area contributed by atoms with Crippen molar-refractivity contribution >= 4 is 11.8 Å². The number of aryl methyl sites for hydroxylation is 1. The van der Waals surface area contributed by atoms with E-state index in [2.05, 4.69) is 10.1 Å². The number of hydrogen-bond donors (Lipinski definition) is 1. The number of nitrogens with zero attached hydrogens (tertiary/aromatic N) is 1. The first kappa shape index (κ1) is 22.4. The van der Waals surface area contributed by atoms with Gasteiger partial charge in [0, 0.05) is 18.7 Å². The lowest BCUT2D eigenvalue weighted by molar-refractivity contribution is -0.274. The third-order valence-electron chi connectivity index (χ3n) is 5.36. The molecule has 1 aliphatic rings. The minimum atomic E-state index is -4.81. The number of alkyl halides is 3. The molecule has 1 atom stereocenters. The van der Waals surface area contributed by atoms with Crippen LogP contribution in [0.2, 0.25) is 0 Å². The number of carbonyl (C=O) groups is 2. The largest absolute Gasteiger partial charge is 0.573 e. The first-order valence-corrected chi connectivity index (χ1v) is 10.3. The number of amides is 2. The smallest absolute Gasteiger partial charge is 0.406 e. The number of ether oxygens (including phenoxy) is 1. The highest BCUT2D eigenvalue weighted by Crippen LogP contribution is 2.30. The standard InChI is InChI=1S/C25H21F3N2O3/c1-16-4-2-5-18(14-16)19-6-3-7-20(15-19)24(32)30-13-12-29-23(31)22(30)17-8-10-21(11-9-17)33-25(26,27)28/h2-11,14-15,22H,12-13H2,1H3,(H,29,31). The number of rotatable bonds is 4. The molecule has 1 saturated heterocycles. The van der Waals surface area contributed by atoms with Crippen molar-refractivity contribution in [2.24, 2.45) is 0 Å². The average molecular weight is 454 g/mol. The van der Waals surface area contributed by atoms with Gasteiger partial charge in [0.2, 0.25) is 5.91 Å². The zero-order valence-electron chi connectivity index (χ0n) is 17.7. The highest BCUT2D eigenvalue weighted by Gasteiger charge is 2.35. The van der Waals surface area contributed by atoms with Gasteiger partial charge in [-0.05, 0) is 47.9 Å². The molecule has 0 aromatic heterocycles. The Balaban J connectivity index is 1.62. The zero-order valence-corrected chi connectivity index (χ0v) is 17.7. The van der Waals surface area contributed by atoms with E-state index in [0.717, 1.165) is 28.8 Å². The van der Waals surface area contributed by atoms with Crippen LogP contribution >= 0.6 is 0 Å². The molecule has 1 unspecified atom stereocenters. The predicted molar refractivity (Wildman–Crippen MR) is 117 cm³/mol. The predicted octanol–water partition coefficient (Wildman–Crippen LogP) is 4.87. The van der Waals surface area contributed by atoms with Crippen molar-refractivity contribution in [3.8, 4) is 16.9 Å². The summed E-state index contributed by atoms with van der Waals surface area (Å²) in [4.78, 5) is 27.5. The van der Waals surface area contributed by atoms with Gasteiger partial charge in [0.15, 0.2) is 0 Å². The lowest BCUT2D eigenvalue weighted by Crippen LogP contribution is -2.52. The van der Waals surface area contributed by atoms with E-state index in [1.54, 1.807) is 18.2 Å². The van der Waals surface area contributed by atoms with E-state index in [4.69, 9.17) is 0 Å². The summed E-state index contributed by atoms with van der Waals surface area (Å²) in [6.45, 7) is 2.54. The van der Waals surface area contributed by atoms with Crippen molar-refractivity contribution in [3.05, 3.63) is 89.5 Å². The normalized spacial score (nSPS) is 16.3. The second-order valence-electron chi connectivity index (χ2n) is 7.76. The van der Waals surface area contributed by atoms with Gasteiger partial charge in [-0.3, -0.25) is 9.59 Å². The number of nitrogens with one attached hydrogen (secondary N) is 1. The molecule has 8 heteroatoms. The fraction of sp³-hybridized carbons (Fsp3) is 0.200. The maximum Gasteiger partial charge on any atom is 0.573 e. The number of halogens is 3. The van der Waals surface area contributed by atoms with E-state index in [1.165, 1.54) is 17.0 Å². The van der Waals surface area contributed by atoms with Gasteiger partial charge in [0.25, 0.3) is 5.91 Å². The Hall–Kier alpha value is -3.81. The number of hydrogen-bond acceptors (Lipinski definition) is 3. The maximum atomic E-state index is 13.4. The Morgan fingerprint density at radius 1 is 1.00 bits per heavy atom. The third-order valence-corrected chi connectivity index (χ3v) is 5.36. The van der Waals surface area contributed by atoms with Crippen LogP contribution in [0.1, 0.15) is 27.5 Å². The van der Waals surface area contributed by atoms with E-state index >= 15 is 0 Å². The molecule has 2 amide bonds. The Bertz CT molecular complexity index is 1180. The molecule has 170 valence electrons. The minimum Gasteiger partial charge on any atom is -0.406 e. The molecule has 0 spiro atoms. The molecule has 0 saturated carbocycles. The van der Waals surface area contributed by atoms with Gasteiger partial charge < -0.3 is 15.0 Å². The zero-order chi connectivity index (χ0) is 23.6. The topological polar surface area (TPSA) is 58.6 Å². The maximum absolute atomic E-state index is 13.4. The van der Waals surface area contributed by atoms with Crippen molar-refractivity contribution in [1.82, 2.24) is 10.2 Å². The first-order chi connectivity index (χ1) is 15.7. The second-order valence-corrected chi connectivity index (χ2v) is 7.76. The monoisotopic (exact) mass is 454 g/mol. The van der Waals surface area contributed by atoms with Crippen LogP contribution in [-0.2, 0) is 4.79 Å². The summed E-state index contributed by atoms with van der Waals surface area (Å²) in [6.07, 6.45) is -4.81. The quantitative estimate of drug-likeness (QED) is 0.612. The van der Waals surface area contributed by atoms with E-state index in [1.807, 2.05) is 37.3 Å². The van der Waals surface area contributed by atoms with Crippen LogP contribution in [0.3, 0.4) is 0 Å². The summed E-state index contributed by atoms with van der Waals surface area (Å²) in [5, 5.41) is 2.72. The highest BCUT2D eigenvalue weighted by molar-refractivity contribution is 5.99. The van der Waals surface area contributed by atoms with Gasteiger partial charge in [0.1, 0.15) is 11.8 Å². The Kier molecular flexibility index (Phi) is 6.09. The molecule has 0 radical (unpaired) electrons. The van der Waals surface area contributed by atoms with Gasteiger partial charge >= 0.3 is 6.36 Å². The average Bonchev–Trinajstić information content (AvgIpc) is 2.78. The van der Waals surface area contributed by atoms with Crippen LogP contribution in [-0.4, -0.2) is 36.2 Å². The Morgan fingerprint density at radius 2 is 1.67 bits per heavy atom. The van der Waals surface area contributed by atoms with E-state index in [-0.39, 0.29) is 19.0 Å². The van der Waals surface area contributed by atoms with Crippen molar-refractivity contribution in [3.63, 3.8) is 0 Å². The van der Waals surface area contributed by atoms with E-state index < -0.39 is 24.1 Å². The summed E-state index contributed by atoms with van der Waals surface area (Å²) in [5.74, 6) is -1.12. The van der Waals surface area contributed by atoms with E-state index in [9.17, 15) is 22.8 Å². The molecular weight excluding hydrogens is 433 g/mol. The summed E-state index contributed by atoms with van der Waals surface area (Å²) in [5.41, 5.74) is 3.75. The molecule has 4 rings (SSSR count). The van der Waals surface area contributed by atoms with Gasteiger partial charge in [-0.25, -0.2) is 0 Å². The van der Waals surface area contributed by atoms with Gasteiger partial charge in [-0.2, -0.15) is 0 Å². The second kappa shape index (κ2) is 8.97. The molecule has 1 fully saturated rings. The van der Waals surface area contributed by atoms with Crippen molar-refractivity contribution in [2.75, 3.05) is 13.1 Å². The molecule has 0 bridgehead atoms. The minimum absolute atomic E-state index is 0.269. The summed E-state index contributed by atoms with van der Waals surface area (Å²) < 4.78 is 41.3. The molecule has 1 heterocycles. The molecule has 3 aromatic rings. The molecule has 1 N–H and O–H groups in total. The van der Waals surface area contributed by atoms with Crippen LogP contribution in [0.25, 0.3) is 11.1 Å². The molecule has 0 aliphatic carbocycles. The fourth-order valence-corrected chi connectivity index (χ4v) is 3.89.